The van der Waals surface area contributed by atoms with E-state index in [4.69, 9.17) is 9.78 Å². The lowest BCUT2D eigenvalue weighted by atomic mass is 9.76. The molecule has 0 saturated heterocycles. The summed E-state index contributed by atoms with van der Waals surface area (Å²) < 4.78 is 0. The second kappa shape index (κ2) is 8.51. The highest BCUT2D eigenvalue weighted by Gasteiger charge is 2.28. The Labute approximate surface area is 106 Å². The first-order valence-corrected chi connectivity index (χ1v) is 6.82. The van der Waals surface area contributed by atoms with E-state index in [1.807, 2.05) is 6.92 Å². The van der Waals surface area contributed by atoms with E-state index in [1.54, 1.807) is 0 Å². The molecule has 0 rings (SSSR count). The Bertz CT molecular complexity index is 208. The molecule has 0 aromatic heterocycles. The SMILES string of the molecule is CCCC(=O)OOCC(CC)(CC)CC(C)C. The zero-order chi connectivity index (χ0) is 13.3. The van der Waals surface area contributed by atoms with Gasteiger partial charge in [-0.05, 0) is 37.0 Å². The Morgan fingerprint density at radius 1 is 1.18 bits per heavy atom. The van der Waals surface area contributed by atoms with E-state index in [0.717, 1.165) is 25.7 Å². The van der Waals surface area contributed by atoms with Crippen LogP contribution in [0.4, 0.5) is 0 Å². The molecule has 3 nitrogen and oxygen atoms in total. The third-order valence-corrected chi connectivity index (χ3v) is 3.31. The molecule has 0 radical (unpaired) electrons. The van der Waals surface area contributed by atoms with Crippen LogP contribution in [-0.4, -0.2) is 12.6 Å². The normalized spacial score (nSPS) is 11.9. The molecule has 0 fully saturated rings. The van der Waals surface area contributed by atoms with Gasteiger partial charge in [0.15, 0.2) is 0 Å². The van der Waals surface area contributed by atoms with Gasteiger partial charge in [-0.2, -0.15) is 4.89 Å². The average molecular weight is 244 g/mol. The fraction of sp³-hybridized carbons (Fsp3) is 0.929. The minimum absolute atomic E-state index is 0.140. The second-order valence-electron chi connectivity index (χ2n) is 5.27. The summed E-state index contributed by atoms with van der Waals surface area (Å²) >= 11 is 0. The molecule has 102 valence electrons. The third kappa shape index (κ3) is 6.67. The van der Waals surface area contributed by atoms with Crippen LogP contribution in [-0.2, 0) is 14.6 Å². The maximum absolute atomic E-state index is 11.2. The summed E-state index contributed by atoms with van der Waals surface area (Å²) in [6.07, 6.45) is 4.42. The van der Waals surface area contributed by atoms with Gasteiger partial charge in [-0.25, -0.2) is 4.79 Å². The minimum Gasteiger partial charge on any atom is -0.298 e. The first-order chi connectivity index (χ1) is 7.99. The summed E-state index contributed by atoms with van der Waals surface area (Å²) in [6.45, 7) is 11.2. The minimum atomic E-state index is -0.266. The van der Waals surface area contributed by atoms with Gasteiger partial charge in [-0.3, -0.25) is 4.89 Å². The number of carbonyl (C=O) groups excluding carboxylic acids is 1. The molecular weight excluding hydrogens is 216 g/mol. The molecule has 0 bridgehead atoms. The smallest absolute Gasteiger partial charge is 0.298 e. The molecular formula is C14H28O3. The van der Waals surface area contributed by atoms with Gasteiger partial charge in [0, 0.05) is 6.42 Å². The van der Waals surface area contributed by atoms with Gasteiger partial charge in [0.25, 0.3) is 0 Å². The van der Waals surface area contributed by atoms with Crippen molar-refractivity contribution in [2.24, 2.45) is 11.3 Å². The van der Waals surface area contributed by atoms with Crippen molar-refractivity contribution in [2.45, 2.75) is 66.7 Å². The Morgan fingerprint density at radius 2 is 1.76 bits per heavy atom. The largest absolute Gasteiger partial charge is 0.342 e. The summed E-state index contributed by atoms with van der Waals surface area (Å²) in [5.41, 5.74) is 0.140. The molecule has 0 unspecified atom stereocenters. The van der Waals surface area contributed by atoms with Crippen LogP contribution in [0, 0.1) is 11.3 Å². The van der Waals surface area contributed by atoms with E-state index in [0.29, 0.717) is 18.9 Å². The molecule has 0 saturated carbocycles. The molecule has 0 aromatic carbocycles. The van der Waals surface area contributed by atoms with Crippen molar-refractivity contribution < 1.29 is 14.6 Å². The lowest BCUT2D eigenvalue weighted by molar-refractivity contribution is -0.287. The maximum Gasteiger partial charge on any atom is 0.342 e. The first kappa shape index (κ1) is 16.4. The monoisotopic (exact) mass is 244 g/mol. The third-order valence-electron chi connectivity index (χ3n) is 3.31. The van der Waals surface area contributed by atoms with E-state index in [2.05, 4.69) is 27.7 Å². The van der Waals surface area contributed by atoms with Crippen LogP contribution >= 0.6 is 0 Å². The van der Waals surface area contributed by atoms with Gasteiger partial charge in [-0.15, -0.1) is 0 Å². The lowest BCUT2D eigenvalue weighted by Crippen LogP contribution is -2.28. The van der Waals surface area contributed by atoms with E-state index < -0.39 is 0 Å². The van der Waals surface area contributed by atoms with Crippen molar-refractivity contribution in [3.05, 3.63) is 0 Å². The number of hydrogen-bond donors (Lipinski definition) is 0. The molecule has 0 atom stereocenters. The molecule has 3 heteroatoms. The number of hydrogen-bond acceptors (Lipinski definition) is 3. The van der Waals surface area contributed by atoms with E-state index in [1.165, 1.54) is 0 Å². The molecule has 0 spiro atoms. The van der Waals surface area contributed by atoms with Crippen molar-refractivity contribution in [1.29, 1.82) is 0 Å². The molecule has 0 heterocycles. The van der Waals surface area contributed by atoms with E-state index >= 15 is 0 Å². The van der Waals surface area contributed by atoms with Gasteiger partial charge >= 0.3 is 5.97 Å². The summed E-state index contributed by atoms with van der Waals surface area (Å²) in [5, 5.41) is 0. The lowest BCUT2D eigenvalue weighted by Gasteiger charge is -2.32. The fourth-order valence-corrected chi connectivity index (χ4v) is 2.13. The van der Waals surface area contributed by atoms with Gasteiger partial charge in [0.05, 0.1) is 6.61 Å². The van der Waals surface area contributed by atoms with Crippen molar-refractivity contribution in [1.82, 2.24) is 0 Å². The van der Waals surface area contributed by atoms with Crippen LogP contribution in [0.15, 0.2) is 0 Å². The molecule has 0 aromatic rings. The Balaban J connectivity index is 4.12. The summed E-state index contributed by atoms with van der Waals surface area (Å²) in [7, 11) is 0. The second-order valence-corrected chi connectivity index (χ2v) is 5.27. The van der Waals surface area contributed by atoms with Gasteiger partial charge in [0.1, 0.15) is 0 Å². The predicted molar refractivity (Wildman–Crippen MR) is 69.4 cm³/mol. The first-order valence-electron chi connectivity index (χ1n) is 6.82. The number of rotatable bonds is 9. The van der Waals surface area contributed by atoms with Gasteiger partial charge in [-0.1, -0.05) is 34.6 Å². The average Bonchev–Trinajstić information content (AvgIpc) is 2.27. The number of carbonyl (C=O) groups is 1. The van der Waals surface area contributed by atoms with Crippen LogP contribution in [0.3, 0.4) is 0 Å². The molecule has 0 aliphatic heterocycles. The standard InChI is InChI=1S/C14H28O3/c1-6-9-13(15)17-16-11-14(7-2,8-3)10-12(4)5/h12H,6-11H2,1-5H3. The van der Waals surface area contributed by atoms with Crippen molar-refractivity contribution in [3.63, 3.8) is 0 Å². The molecule has 0 aliphatic rings. The Hall–Kier alpha value is -0.570. The van der Waals surface area contributed by atoms with Crippen LogP contribution in [0.5, 0.6) is 0 Å². The molecule has 0 N–H and O–H groups in total. The van der Waals surface area contributed by atoms with Crippen molar-refractivity contribution in [3.8, 4) is 0 Å². The van der Waals surface area contributed by atoms with E-state index in [9.17, 15) is 4.79 Å². The van der Waals surface area contributed by atoms with Crippen LogP contribution < -0.4 is 0 Å². The van der Waals surface area contributed by atoms with Crippen LogP contribution in [0.25, 0.3) is 0 Å². The summed E-state index contributed by atoms with van der Waals surface area (Å²) in [4.78, 5) is 21.1. The highest BCUT2D eigenvalue weighted by Crippen LogP contribution is 2.34. The van der Waals surface area contributed by atoms with Crippen LogP contribution in [0.1, 0.15) is 66.7 Å². The fourth-order valence-electron chi connectivity index (χ4n) is 2.13. The topological polar surface area (TPSA) is 35.5 Å². The summed E-state index contributed by atoms with van der Waals surface area (Å²) in [6, 6.07) is 0. The van der Waals surface area contributed by atoms with Crippen LogP contribution in [0.2, 0.25) is 0 Å². The molecule has 0 aliphatic carbocycles. The van der Waals surface area contributed by atoms with Crippen molar-refractivity contribution >= 4 is 5.97 Å². The van der Waals surface area contributed by atoms with Gasteiger partial charge < -0.3 is 0 Å². The zero-order valence-corrected chi connectivity index (χ0v) is 12.0. The maximum atomic E-state index is 11.2. The molecule has 0 amide bonds. The Kier molecular flexibility index (Phi) is 8.23. The summed E-state index contributed by atoms with van der Waals surface area (Å²) in [5.74, 6) is 0.364. The zero-order valence-electron chi connectivity index (χ0n) is 12.0. The Morgan fingerprint density at radius 3 is 2.18 bits per heavy atom. The molecule has 17 heavy (non-hydrogen) atoms. The highest BCUT2D eigenvalue weighted by atomic mass is 17.2. The van der Waals surface area contributed by atoms with Gasteiger partial charge in [0.2, 0.25) is 0 Å². The predicted octanol–water partition coefficient (Wildman–Crippen LogP) is 4.11. The van der Waals surface area contributed by atoms with Crippen molar-refractivity contribution in [2.75, 3.05) is 6.61 Å². The quantitative estimate of drug-likeness (QED) is 0.452. The highest BCUT2D eigenvalue weighted by molar-refractivity contribution is 5.68. The van der Waals surface area contributed by atoms with E-state index in [-0.39, 0.29) is 11.4 Å².